The van der Waals surface area contributed by atoms with E-state index < -0.39 is 7.12 Å². The first-order valence-corrected chi connectivity index (χ1v) is 4.86. The molecule has 0 atom stereocenters. The largest absolute Gasteiger partial charge is 0.528 e. The van der Waals surface area contributed by atoms with Gasteiger partial charge in [0.05, 0.1) is 24.6 Å². The fourth-order valence-electron chi connectivity index (χ4n) is 1.49. The summed E-state index contributed by atoms with van der Waals surface area (Å²) in [6.07, 6.45) is 2.95. The molecule has 1 aromatic rings. The lowest BCUT2D eigenvalue weighted by Crippen LogP contribution is -2.48. The van der Waals surface area contributed by atoms with E-state index in [-0.39, 0.29) is 18.2 Å². The van der Waals surface area contributed by atoms with E-state index >= 15 is 0 Å². The first-order valence-electron chi connectivity index (χ1n) is 4.86. The molecule has 0 aliphatic carbocycles. The zero-order valence-electron chi connectivity index (χ0n) is 8.50. The molecule has 16 heavy (non-hydrogen) atoms. The smallest absolute Gasteiger partial charge is 0.421 e. The molecule has 84 valence electrons. The molecule has 0 unspecified atom stereocenters. The molecule has 3 N–H and O–H groups in total. The lowest BCUT2D eigenvalue weighted by Gasteiger charge is -2.27. The lowest BCUT2D eigenvalue weighted by atomic mass is 9.91. The van der Waals surface area contributed by atoms with Gasteiger partial charge in [-0.2, -0.15) is 0 Å². The van der Waals surface area contributed by atoms with Crippen molar-refractivity contribution in [1.82, 2.24) is 15.3 Å². The van der Waals surface area contributed by atoms with Crippen LogP contribution in [0.1, 0.15) is 0 Å². The Morgan fingerprint density at radius 3 is 2.62 bits per heavy atom. The molecule has 1 aliphatic rings. The van der Waals surface area contributed by atoms with Crippen molar-refractivity contribution in [3.8, 4) is 0 Å². The van der Waals surface area contributed by atoms with Crippen molar-refractivity contribution in [2.75, 3.05) is 24.5 Å². The topological polar surface area (TPSA) is 98.6 Å². The quantitative estimate of drug-likeness (QED) is 0.464. The predicted octanol–water partition coefficient (Wildman–Crippen LogP) is -2.91. The summed E-state index contributed by atoms with van der Waals surface area (Å²) in [7, 11) is -1.67. The third kappa shape index (κ3) is 2.29. The van der Waals surface area contributed by atoms with Crippen LogP contribution in [0.3, 0.4) is 0 Å². The van der Waals surface area contributed by atoms with Crippen LogP contribution in [-0.4, -0.2) is 52.7 Å². The number of aromatic nitrogens is 2. The van der Waals surface area contributed by atoms with Crippen molar-refractivity contribution in [2.24, 2.45) is 0 Å². The zero-order chi connectivity index (χ0) is 11.5. The minimum absolute atomic E-state index is 0.0440. The second-order valence-electron chi connectivity index (χ2n) is 3.44. The van der Waals surface area contributed by atoms with Crippen LogP contribution in [0, 0.1) is 0 Å². The van der Waals surface area contributed by atoms with Crippen molar-refractivity contribution in [2.45, 2.75) is 0 Å². The Morgan fingerprint density at radius 2 is 2.06 bits per heavy atom. The fourth-order valence-corrected chi connectivity index (χ4v) is 1.49. The van der Waals surface area contributed by atoms with E-state index in [0.717, 1.165) is 0 Å². The standard InChI is InChI=1S/C8H11BN4O3/c14-7-5-13(2-1-10-7)6-3-11-8(9(15)16)12-4-6/h3-4,15-16H,1-2,5H2,(H,10,14). The number of carbonyl (C=O) groups is 1. The Balaban J connectivity index is 2.11. The summed E-state index contributed by atoms with van der Waals surface area (Å²) in [5.74, 6) is -0.0440. The second-order valence-corrected chi connectivity index (χ2v) is 3.44. The number of hydrogen-bond donors (Lipinski definition) is 3. The number of nitrogens with one attached hydrogen (secondary N) is 1. The Kier molecular flexibility index (Phi) is 3.02. The van der Waals surface area contributed by atoms with Gasteiger partial charge in [0.2, 0.25) is 5.91 Å². The molecule has 1 saturated heterocycles. The molecule has 0 aromatic carbocycles. The van der Waals surface area contributed by atoms with Gasteiger partial charge in [-0.3, -0.25) is 4.79 Å². The molecular formula is C8H11BN4O3. The molecule has 0 radical (unpaired) electrons. The van der Waals surface area contributed by atoms with Crippen molar-refractivity contribution in [3.05, 3.63) is 12.4 Å². The van der Waals surface area contributed by atoms with Gasteiger partial charge in [-0.1, -0.05) is 0 Å². The normalized spacial score (nSPS) is 15.9. The van der Waals surface area contributed by atoms with Crippen LogP contribution in [0.25, 0.3) is 0 Å². The van der Waals surface area contributed by atoms with E-state index in [1.165, 1.54) is 12.4 Å². The molecular weight excluding hydrogens is 211 g/mol. The Morgan fingerprint density at radius 1 is 1.38 bits per heavy atom. The molecule has 7 nitrogen and oxygen atoms in total. The maximum atomic E-state index is 11.1. The lowest BCUT2D eigenvalue weighted by molar-refractivity contribution is -0.120. The van der Waals surface area contributed by atoms with Crippen molar-refractivity contribution in [1.29, 1.82) is 0 Å². The predicted molar refractivity (Wildman–Crippen MR) is 57.1 cm³/mol. The van der Waals surface area contributed by atoms with Crippen LogP contribution in [-0.2, 0) is 4.79 Å². The third-order valence-corrected chi connectivity index (χ3v) is 2.29. The number of carbonyl (C=O) groups excluding carboxylic acids is 1. The Hall–Kier alpha value is -1.67. The van der Waals surface area contributed by atoms with Crippen molar-refractivity contribution in [3.63, 3.8) is 0 Å². The van der Waals surface area contributed by atoms with E-state index in [1.54, 1.807) is 0 Å². The molecule has 1 aliphatic heterocycles. The van der Waals surface area contributed by atoms with Crippen molar-refractivity contribution < 1.29 is 14.8 Å². The van der Waals surface area contributed by atoms with Gasteiger partial charge in [0.15, 0.2) is 5.72 Å². The van der Waals surface area contributed by atoms with Gasteiger partial charge in [-0.15, -0.1) is 0 Å². The van der Waals surface area contributed by atoms with Gasteiger partial charge in [-0.05, 0) is 0 Å². The summed E-state index contributed by atoms with van der Waals surface area (Å²) in [6, 6.07) is 0. The summed E-state index contributed by atoms with van der Waals surface area (Å²) in [4.78, 5) is 20.6. The van der Waals surface area contributed by atoms with Crippen LogP contribution in [0.2, 0.25) is 0 Å². The first kappa shape index (κ1) is 10.8. The summed E-state index contributed by atoms with van der Waals surface area (Å²) in [5, 5.41) is 20.3. The molecule has 1 aromatic heterocycles. The van der Waals surface area contributed by atoms with E-state index in [1.807, 2.05) is 4.90 Å². The molecule has 1 fully saturated rings. The van der Waals surface area contributed by atoms with E-state index in [2.05, 4.69) is 15.3 Å². The third-order valence-electron chi connectivity index (χ3n) is 2.29. The highest BCUT2D eigenvalue weighted by atomic mass is 16.4. The second kappa shape index (κ2) is 4.46. The van der Waals surface area contributed by atoms with Crippen LogP contribution in [0.5, 0.6) is 0 Å². The highest BCUT2D eigenvalue weighted by Gasteiger charge is 2.19. The number of rotatable bonds is 2. The number of nitrogens with zero attached hydrogens (tertiary/aromatic N) is 3. The Bertz CT molecular complexity index is 383. The Labute approximate surface area is 92.3 Å². The average molecular weight is 222 g/mol. The average Bonchev–Trinajstić information content (AvgIpc) is 2.29. The zero-order valence-corrected chi connectivity index (χ0v) is 8.50. The van der Waals surface area contributed by atoms with E-state index in [9.17, 15) is 4.79 Å². The molecule has 1 amide bonds. The maximum absolute atomic E-state index is 11.1. The van der Waals surface area contributed by atoms with Gasteiger partial charge in [0.1, 0.15) is 0 Å². The SMILES string of the molecule is O=C1CN(c2cnc(B(O)O)nc2)CCN1. The van der Waals surface area contributed by atoms with Gasteiger partial charge in [-0.25, -0.2) is 9.97 Å². The van der Waals surface area contributed by atoms with E-state index in [4.69, 9.17) is 10.0 Å². The summed E-state index contributed by atoms with van der Waals surface area (Å²) >= 11 is 0. The summed E-state index contributed by atoms with van der Waals surface area (Å²) in [6.45, 7) is 1.55. The van der Waals surface area contributed by atoms with Gasteiger partial charge >= 0.3 is 7.12 Å². The van der Waals surface area contributed by atoms with Gasteiger partial charge in [0.25, 0.3) is 0 Å². The highest BCUT2D eigenvalue weighted by molar-refractivity contribution is 6.56. The molecule has 8 heteroatoms. The fraction of sp³-hybridized carbons (Fsp3) is 0.375. The maximum Gasteiger partial charge on any atom is 0.528 e. The van der Waals surface area contributed by atoms with Crippen LogP contribution >= 0.6 is 0 Å². The monoisotopic (exact) mass is 222 g/mol. The van der Waals surface area contributed by atoms with Crippen LogP contribution < -0.4 is 15.9 Å². The van der Waals surface area contributed by atoms with Crippen LogP contribution in [0.4, 0.5) is 5.69 Å². The number of amides is 1. The first-order chi connectivity index (χ1) is 7.66. The highest BCUT2D eigenvalue weighted by Crippen LogP contribution is 2.10. The van der Waals surface area contributed by atoms with Gasteiger partial charge in [0, 0.05) is 13.1 Å². The minimum atomic E-state index is -1.67. The number of hydrogen-bond acceptors (Lipinski definition) is 6. The van der Waals surface area contributed by atoms with Crippen molar-refractivity contribution >= 4 is 24.4 Å². The summed E-state index contributed by atoms with van der Waals surface area (Å²) in [5.41, 5.74) is 0.643. The van der Waals surface area contributed by atoms with Crippen LogP contribution in [0.15, 0.2) is 12.4 Å². The van der Waals surface area contributed by atoms with E-state index in [0.29, 0.717) is 18.8 Å². The number of piperazine rings is 1. The molecule has 2 heterocycles. The molecule has 2 rings (SSSR count). The molecule has 0 spiro atoms. The molecule has 0 saturated carbocycles. The summed E-state index contributed by atoms with van der Waals surface area (Å²) < 4.78 is 0. The van der Waals surface area contributed by atoms with Gasteiger partial charge < -0.3 is 20.3 Å². The molecule has 0 bridgehead atoms. The minimum Gasteiger partial charge on any atom is -0.421 e. The number of anilines is 1.